The third-order valence-electron chi connectivity index (χ3n) is 5.95. The first-order valence-corrected chi connectivity index (χ1v) is 11.5. The van der Waals surface area contributed by atoms with E-state index in [-0.39, 0.29) is 34.7 Å². The Balaban J connectivity index is 1.88. The van der Waals surface area contributed by atoms with Crippen LogP contribution in [0.4, 0.5) is 17.6 Å². The second kappa shape index (κ2) is 10.2. The summed E-state index contributed by atoms with van der Waals surface area (Å²) < 4.78 is 64.2. The smallest absolute Gasteiger partial charge is 0.479 e. The van der Waals surface area contributed by atoms with Gasteiger partial charge in [-0.2, -0.15) is 0 Å². The Kier molecular flexibility index (Phi) is 7.17. The minimum Gasteiger partial charge on any atom is -0.479 e. The highest BCUT2D eigenvalue weighted by molar-refractivity contribution is 6.11. The molecule has 0 amide bonds. The number of carbonyl (C=O) groups is 2. The van der Waals surface area contributed by atoms with Gasteiger partial charge in [0.15, 0.2) is 11.9 Å². The molecule has 10 heteroatoms. The highest BCUT2D eigenvalue weighted by Crippen LogP contribution is 2.35. The van der Waals surface area contributed by atoms with E-state index in [9.17, 15) is 27.2 Å². The topological polar surface area (TPSA) is 77.8 Å². The molecule has 0 aliphatic heterocycles. The molecule has 0 aliphatic rings. The van der Waals surface area contributed by atoms with Crippen LogP contribution in [0.5, 0.6) is 11.5 Å². The van der Waals surface area contributed by atoms with Gasteiger partial charge in [0, 0.05) is 41.3 Å². The van der Waals surface area contributed by atoms with Crippen molar-refractivity contribution in [1.82, 2.24) is 4.57 Å². The van der Waals surface area contributed by atoms with E-state index < -0.39 is 30.0 Å². The monoisotopic (exact) mass is 529 g/mol. The molecule has 0 spiro atoms. The number of aryl methyl sites for hydroxylation is 1. The molecule has 0 fully saturated rings. The van der Waals surface area contributed by atoms with Gasteiger partial charge in [-0.1, -0.05) is 29.8 Å². The fourth-order valence-corrected chi connectivity index (χ4v) is 4.26. The van der Waals surface area contributed by atoms with E-state index in [1.54, 1.807) is 6.92 Å². The zero-order valence-corrected chi connectivity index (χ0v) is 20.6. The van der Waals surface area contributed by atoms with E-state index >= 15 is 0 Å². The number of ether oxygens (including phenoxy) is 2. The van der Waals surface area contributed by atoms with Crippen LogP contribution in [0, 0.1) is 19.7 Å². The van der Waals surface area contributed by atoms with Gasteiger partial charge in [0.05, 0.1) is 11.2 Å². The van der Waals surface area contributed by atoms with Crippen LogP contribution in [0.15, 0.2) is 60.7 Å². The van der Waals surface area contributed by atoms with E-state index in [0.717, 1.165) is 35.4 Å². The van der Waals surface area contributed by atoms with Gasteiger partial charge in [-0.3, -0.25) is 4.79 Å². The van der Waals surface area contributed by atoms with Crippen LogP contribution in [0.3, 0.4) is 0 Å². The maximum atomic E-state index is 14.6. The minimum atomic E-state index is -4.95. The fraction of sp³-hybridized carbons (Fsp3) is 0.214. The van der Waals surface area contributed by atoms with E-state index in [0.29, 0.717) is 11.1 Å². The van der Waals surface area contributed by atoms with Gasteiger partial charge in [0.25, 0.3) is 0 Å². The molecule has 38 heavy (non-hydrogen) atoms. The molecule has 1 unspecified atom stereocenters. The average molecular weight is 529 g/mol. The predicted molar refractivity (Wildman–Crippen MR) is 132 cm³/mol. The Morgan fingerprint density at radius 1 is 0.974 bits per heavy atom. The molecular formula is C28H23F4NO5. The number of carboxylic acids is 1. The largest absolute Gasteiger partial charge is 0.573 e. The molecule has 1 N–H and O–H groups in total. The van der Waals surface area contributed by atoms with Gasteiger partial charge in [-0.25, -0.2) is 9.18 Å². The Morgan fingerprint density at radius 2 is 1.66 bits per heavy atom. The van der Waals surface area contributed by atoms with Crippen molar-refractivity contribution in [3.63, 3.8) is 0 Å². The number of hydrogen-bond acceptors (Lipinski definition) is 4. The number of ketones is 1. The molecule has 3 aromatic carbocycles. The normalized spacial score (nSPS) is 12.4. The van der Waals surface area contributed by atoms with Crippen LogP contribution < -0.4 is 9.47 Å². The summed E-state index contributed by atoms with van der Waals surface area (Å²) in [6.07, 6.45) is -6.20. The molecule has 0 radical (unpaired) electrons. The number of alkyl halides is 3. The first-order chi connectivity index (χ1) is 17.8. The molecular weight excluding hydrogens is 506 g/mol. The number of aromatic nitrogens is 1. The first-order valence-electron chi connectivity index (χ1n) is 11.5. The number of carboxylic acid groups (broad SMARTS) is 1. The van der Waals surface area contributed by atoms with Crippen molar-refractivity contribution >= 4 is 22.7 Å². The predicted octanol–water partition coefficient (Wildman–Crippen LogP) is 6.56. The summed E-state index contributed by atoms with van der Waals surface area (Å²) in [5.41, 5.74) is 2.67. The lowest BCUT2D eigenvalue weighted by molar-refractivity contribution is -0.274. The van der Waals surface area contributed by atoms with Crippen LogP contribution >= 0.6 is 0 Å². The SMILES string of the molecule is Cc1ccc(CC(=O)c2c(C)n(-c3cc(F)cc(OC(C)C(=O)O)c3)c3cc(OC(F)(F)F)ccc23)cc1. The summed E-state index contributed by atoms with van der Waals surface area (Å²) in [5.74, 6) is -2.95. The molecule has 0 saturated heterocycles. The molecule has 6 nitrogen and oxygen atoms in total. The lowest BCUT2D eigenvalue weighted by Gasteiger charge is -2.15. The van der Waals surface area contributed by atoms with Crippen LogP contribution in [-0.2, 0) is 11.2 Å². The van der Waals surface area contributed by atoms with E-state index in [2.05, 4.69) is 4.74 Å². The fourth-order valence-electron chi connectivity index (χ4n) is 4.26. The van der Waals surface area contributed by atoms with Crippen molar-refractivity contribution in [2.75, 3.05) is 0 Å². The van der Waals surface area contributed by atoms with Gasteiger partial charge in [0.2, 0.25) is 0 Å². The van der Waals surface area contributed by atoms with Crippen molar-refractivity contribution in [3.05, 3.63) is 88.9 Å². The molecule has 0 saturated carbocycles. The van der Waals surface area contributed by atoms with Crippen LogP contribution in [0.1, 0.15) is 34.1 Å². The first kappa shape index (κ1) is 26.7. The Labute approximate surface area is 215 Å². The number of rotatable bonds is 8. The highest BCUT2D eigenvalue weighted by atomic mass is 19.4. The van der Waals surface area contributed by atoms with Crippen molar-refractivity contribution < 1.29 is 41.7 Å². The second-order valence-corrected chi connectivity index (χ2v) is 8.85. The number of carbonyl (C=O) groups excluding carboxylic acids is 1. The average Bonchev–Trinajstić information content (AvgIpc) is 3.10. The molecule has 1 aromatic heterocycles. The summed E-state index contributed by atoms with van der Waals surface area (Å²) in [6, 6.07) is 14.4. The third kappa shape index (κ3) is 5.80. The highest BCUT2D eigenvalue weighted by Gasteiger charge is 2.32. The van der Waals surface area contributed by atoms with Crippen LogP contribution in [0.2, 0.25) is 0 Å². The zero-order chi connectivity index (χ0) is 27.8. The van der Waals surface area contributed by atoms with Gasteiger partial charge in [-0.05, 0) is 44.5 Å². The summed E-state index contributed by atoms with van der Waals surface area (Å²) >= 11 is 0. The Morgan fingerprint density at radius 3 is 2.29 bits per heavy atom. The zero-order valence-electron chi connectivity index (χ0n) is 20.6. The number of benzene rings is 3. The summed E-state index contributed by atoms with van der Waals surface area (Å²) in [6.45, 7) is 4.78. The minimum absolute atomic E-state index is 0.0364. The Hall–Kier alpha value is -4.34. The van der Waals surface area contributed by atoms with E-state index in [1.165, 1.54) is 23.6 Å². The second-order valence-electron chi connectivity index (χ2n) is 8.85. The summed E-state index contributed by atoms with van der Waals surface area (Å²) in [7, 11) is 0. The lowest BCUT2D eigenvalue weighted by Crippen LogP contribution is -2.23. The Bertz CT molecular complexity index is 1520. The summed E-state index contributed by atoms with van der Waals surface area (Å²) in [4.78, 5) is 24.7. The summed E-state index contributed by atoms with van der Waals surface area (Å²) in [5, 5.41) is 9.49. The van der Waals surface area contributed by atoms with Gasteiger partial charge < -0.3 is 19.1 Å². The maximum Gasteiger partial charge on any atom is 0.573 e. The van der Waals surface area contributed by atoms with E-state index in [4.69, 9.17) is 9.84 Å². The molecule has 0 aliphatic carbocycles. The van der Waals surface area contributed by atoms with Gasteiger partial charge in [0.1, 0.15) is 17.3 Å². The van der Waals surface area contributed by atoms with Gasteiger partial charge in [-0.15, -0.1) is 13.2 Å². The molecule has 4 aromatic rings. The third-order valence-corrected chi connectivity index (χ3v) is 5.95. The molecule has 198 valence electrons. The molecule has 4 rings (SSSR count). The molecule has 0 bridgehead atoms. The number of hydrogen-bond donors (Lipinski definition) is 1. The van der Waals surface area contributed by atoms with Gasteiger partial charge >= 0.3 is 12.3 Å². The van der Waals surface area contributed by atoms with Crippen molar-refractivity contribution in [1.29, 1.82) is 0 Å². The number of aliphatic carboxylic acids is 1. The standard InChI is InChI=1S/C28H23F4NO5/c1-15-4-6-18(7-5-15)10-25(34)26-16(2)33(24-14-21(8-9-23(24)26)38-28(30,31)32)20-11-19(29)12-22(13-20)37-17(3)27(35)36/h4-9,11-14,17H,10H2,1-3H3,(H,35,36). The number of Topliss-reactive ketones (excluding diaryl/α,β-unsaturated/α-hetero) is 1. The van der Waals surface area contributed by atoms with Crippen LogP contribution in [0.25, 0.3) is 16.6 Å². The number of fused-ring (bicyclic) bond motifs is 1. The number of halogens is 4. The molecule has 1 heterocycles. The lowest BCUT2D eigenvalue weighted by atomic mass is 10.00. The quantitative estimate of drug-likeness (QED) is 0.207. The van der Waals surface area contributed by atoms with Crippen molar-refractivity contribution in [3.8, 4) is 17.2 Å². The number of nitrogens with zero attached hydrogens (tertiary/aromatic N) is 1. The van der Waals surface area contributed by atoms with Crippen LogP contribution in [-0.4, -0.2) is 33.9 Å². The van der Waals surface area contributed by atoms with E-state index in [1.807, 2.05) is 31.2 Å². The van der Waals surface area contributed by atoms with Crippen molar-refractivity contribution in [2.45, 2.75) is 39.7 Å². The maximum absolute atomic E-state index is 14.6. The molecule has 1 atom stereocenters. The van der Waals surface area contributed by atoms with Crippen molar-refractivity contribution in [2.24, 2.45) is 0 Å².